The molecular formula is C54H93N11O11. The molecule has 0 unspecified atom stereocenters. The van der Waals surface area contributed by atoms with E-state index in [4.69, 9.17) is 17.2 Å². The summed E-state index contributed by atoms with van der Waals surface area (Å²) >= 11 is 0. The van der Waals surface area contributed by atoms with Crippen LogP contribution in [0, 0.1) is 35.5 Å². The van der Waals surface area contributed by atoms with Crippen molar-refractivity contribution in [3.05, 3.63) is 35.9 Å². The maximum Gasteiger partial charge on any atom is 0.326 e. The van der Waals surface area contributed by atoms with Crippen LogP contribution in [0.1, 0.15) is 146 Å². The first-order valence-electron chi connectivity index (χ1n) is 27.0. The Balaban J connectivity index is 3.56. The van der Waals surface area contributed by atoms with E-state index < -0.39 is 131 Å². The minimum atomic E-state index is -1.40. The molecule has 1 aromatic rings. The van der Waals surface area contributed by atoms with E-state index in [9.17, 15) is 53.1 Å². The number of carbonyl (C=O) groups excluding carboxylic acids is 9. The molecule has 0 saturated carbocycles. The van der Waals surface area contributed by atoms with Gasteiger partial charge in [0.15, 0.2) is 0 Å². The van der Waals surface area contributed by atoms with Gasteiger partial charge in [0.2, 0.25) is 53.2 Å². The second-order valence-electron chi connectivity index (χ2n) is 22.0. The number of benzene rings is 1. The second-order valence-corrected chi connectivity index (χ2v) is 22.0. The molecule has 1 rings (SSSR count). The number of hydrogen-bond donors (Lipinski definition) is 12. The molecule has 0 spiro atoms. The highest BCUT2D eigenvalue weighted by Gasteiger charge is 2.37. The third kappa shape index (κ3) is 25.1. The number of rotatable bonds is 36. The largest absolute Gasteiger partial charge is 0.480 e. The molecule has 0 aliphatic carbocycles. The zero-order chi connectivity index (χ0) is 58.0. The van der Waals surface area contributed by atoms with Gasteiger partial charge in [-0.05, 0) is 86.1 Å². The highest BCUT2D eigenvalue weighted by molar-refractivity contribution is 5.98. The quantitative estimate of drug-likeness (QED) is 0.0424. The van der Waals surface area contributed by atoms with E-state index in [2.05, 4.69) is 42.5 Å². The van der Waals surface area contributed by atoms with Gasteiger partial charge < -0.3 is 64.8 Å². The van der Waals surface area contributed by atoms with Crippen LogP contribution >= 0.6 is 0 Å². The molecule has 76 heavy (non-hydrogen) atoms. The number of primary amides is 1. The highest BCUT2D eigenvalue weighted by Crippen LogP contribution is 2.16. The molecule has 1 aromatic carbocycles. The first-order chi connectivity index (χ1) is 35.5. The van der Waals surface area contributed by atoms with Crippen molar-refractivity contribution in [1.29, 1.82) is 0 Å². The molecule has 22 heteroatoms. The summed E-state index contributed by atoms with van der Waals surface area (Å²) in [5.41, 5.74) is 17.8. The Kier molecular flexibility index (Phi) is 30.8. The van der Waals surface area contributed by atoms with E-state index in [0.29, 0.717) is 37.8 Å². The zero-order valence-electron chi connectivity index (χ0n) is 47.1. The molecule has 9 amide bonds. The third-order valence-corrected chi connectivity index (χ3v) is 12.8. The predicted octanol–water partition coefficient (Wildman–Crippen LogP) is 1.41. The lowest BCUT2D eigenvalue weighted by molar-refractivity contribution is -0.143. The number of amides is 9. The number of nitrogens with two attached hydrogens (primary N) is 3. The van der Waals surface area contributed by atoms with Crippen molar-refractivity contribution in [2.24, 2.45) is 52.7 Å². The van der Waals surface area contributed by atoms with E-state index in [0.717, 1.165) is 0 Å². The Morgan fingerprint density at radius 2 is 0.882 bits per heavy atom. The summed E-state index contributed by atoms with van der Waals surface area (Å²) in [6, 6.07) is -2.06. The topological polar surface area (TPSA) is 365 Å². The van der Waals surface area contributed by atoms with Gasteiger partial charge >= 0.3 is 5.97 Å². The van der Waals surface area contributed by atoms with Gasteiger partial charge in [-0.2, -0.15) is 0 Å². The van der Waals surface area contributed by atoms with E-state index in [1.807, 2.05) is 48.5 Å². The average molecular weight is 1070 g/mol. The first kappa shape index (κ1) is 67.9. The molecule has 430 valence electrons. The number of carbonyl (C=O) groups is 10. The van der Waals surface area contributed by atoms with Crippen LogP contribution in [0.5, 0.6) is 0 Å². The minimum Gasteiger partial charge on any atom is -0.480 e. The van der Waals surface area contributed by atoms with Crippen molar-refractivity contribution in [3.8, 4) is 0 Å². The molecule has 0 heterocycles. The summed E-state index contributed by atoms with van der Waals surface area (Å²) < 4.78 is 0. The highest BCUT2D eigenvalue weighted by atomic mass is 16.4. The Morgan fingerprint density at radius 3 is 1.34 bits per heavy atom. The molecule has 0 bridgehead atoms. The fraction of sp³-hybridized carbons (Fsp3) is 0.704. The van der Waals surface area contributed by atoms with Crippen LogP contribution < -0.4 is 59.7 Å². The molecule has 0 saturated heterocycles. The Bertz CT molecular complexity index is 2050. The number of nitrogens with one attached hydrogen (secondary N) is 8. The number of aliphatic carboxylic acids is 1. The smallest absolute Gasteiger partial charge is 0.326 e. The monoisotopic (exact) mass is 1070 g/mol. The summed E-state index contributed by atoms with van der Waals surface area (Å²) in [6.07, 6.45) is 1.85. The molecule has 0 radical (unpaired) electrons. The third-order valence-electron chi connectivity index (χ3n) is 12.8. The SMILES string of the molecule is CC[C@H](C)[C@H](NC(=O)[C@H](CC(C)C)NC(=O)[C@H](Cc1ccccc1)NC(=O)[C@@H](NC(=O)[C@H](CCC(N)=O)NC(=O)[C@H](CC(C)C)NC(=O)[C@@H](N)CCCCN)C(C)C)C(=O)N[C@H](C(=O)N[C@@H](CC(C)C)C(=O)O)C(C)C. The van der Waals surface area contributed by atoms with Crippen molar-refractivity contribution in [1.82, 2.24) is 42.5 Å². The van der Waals surface area contributed by atoms with Gasteiger partial charge in [0, 0.05) is 12.8 Å². The molecule has 22 nitrogen and oxygen atoms in total. The number of hydrogen-bond acceptors (Lipinski definition) is 12. The lowest BCUT2D eigenvalue weighted by Gasteiger charge is -2.31. The van der Waals surface area contributed by atoms with Crippen LogP contribution in [0.3, 0.4) is 0 Å². The van der Waals surface area contributed by atoms with Gasteiger partial charge in [-0.25, -0.2) is 4.79 Å². The number of unbranched alkanes of at least 4 members (excludes halogenated alkanes) is 1. The van der Waals surface area contributed by atoms with Gasteiger partial charge in [-0.3, -0.25) is 43.2 Å². The van der Waals surface area contributed by atoms with Crippen LogP contribution in [0.4, 0.5) is 0 Å². The summed E-state index contributed by atoms with van der Waals surface area (Å²) in [5, 5.41) is 31.4. The van der Waals surface area contributed by atoms with Crippen LogP contribution in [0.25, 0.3) is 0 Å². The predicted molar refractivity (Wildman–Crippen MR) is 290 cm³/mol. The van der Waals surface area contributed by atoms with Crippen LogP contribution in [-0.4, -0.2) is 125 Å². The summed E-state index contributed by atoms with van der Waals surface area (Å²) in [4.78, 5) is 136. The van der Waals surface area contributed by atoms with Crippen molar-refractivity contribution >= 4 is 59.1 Å². The molecule has 0 aliphatic heterocycles. The lowest BCUT2D eigenvalue weighted by atomic mass is 9.95. The molecular weight excluding hydrogens is 979 g/mol. The van der Waals surface area contributed by atoms with Crippen molar-refractivity contribution in [2.45, 2.75) is 202 Å². The van der Waals surface area contributed by atoms with E-state index in [1.165, 1.54) is 0 Å². The van der Waals surface area contributed by atoms with Crippen LogP contribution in [0.15, 0.2) is 30.3 Å². The van der Waals surface area contributed by atoms with Crippen molar-refractivity contribution in [2.75, 3.05) is 6.54 Å². The maximum atomic E-state index is 14.5. The summed E-state index contributed by atoms with van der Waals surface area (Å²) in [7, 11) is 0. The summed E-state index contributed by atoms with van der Waals surface area (Å²) in [5.74, 6) is -9.58. The van der Waals surface area contributed by atoms with E-state index in [-0.39, 0.29) is 56.3 Å². The first-order valence-corrected chi connectivity index (χ1v) is 27.0. The van der Waals surface area contributed by atoms with Crippen LogP contribution in [0.2, 0.25) is 0 Å². The zero-order valence-corrected chi connectivity index (χ0v) is 47.1. The van der Waals surface area contributed by atoms with Gasteiger partial charge in [0.05, 0.1) is 6.04 Å². The number of carboxylic acids is 1. The van der Waals surface area contributed by atoms with Crippen molar-refractivity contribution in [3.63, 3.8) is 0 Å². The minimum absolute atomic E-state index is 0.0465. The average Bonchev–Trinajstić information content (AvgIpc) is 3.33. The van der Waals surface area contributed by atoms with E-state index >= 15 is 0 Å². The molecule has 0 aliphatic rings. The van der Waals surface area contributed by atoms with Gasteiger partial charge in [-0.15, -0.1) is 0 Å². The van der Waals surface area contributed by atoms with E-state index in [1.54, 1.807) is 65.0 Å². The normalized spacial score (nSPS) is 15.5. The molecule has 10 atom stereocenters. The second kappa shape index (κ2) is 34.5. The maximum absolute atomic E-state index is 14.5. The molecule has 0 fully saturated rings. The molecule has 15 N–H and O–H groups in total. The Morgan fingerprint density at radius 1 is 0.487 bits per heavy atom. The molecule has 0 aromatic heterocycles. The van der Waals surface area contributed by atoms with Gasteiger partial charge in [0.1, 0.15) is 48.3 Å². The summed E-state index contributed by atoms with van der Waals surface area (Å²) in [6.45, 7) is 21.7. The Labute approximate surface area is 450 Å². The van der Waals surface area contributed by atoms with Gasteiger partial charge in [-0.1, -0.05) is 126 Å². The number of carboxylic acid groups (broad SMARTS) is 1. The fourth-order valence-corrected chi connectivity index (χ4v) is 8.22. The lowest BCUT2D eigenvalue weighted by Crippen LogP contribution is -2.62. The van der Waals surface area contributed by atoms with Crippen molar-refractivity contribution < 1.29 is 53.1 Å². The van der Waals surface area contributed by atoms with Crippen LogP contribution in [-0.2, 0) is 54.4 Å². The van der Waals surface area contributed by atoms with Gasteiger partial charge in [0.25, 0.3) is 0 Å². The Hall–Kier alpha value is -6.16. The standard InChI is InChI=1S/C54H93N11O11/c1-13-34(12)45(53(74)64-44(33(10)11)52(73)62-41(54(75)76)27-31(6)7)65-50(71)39(26-30(4)5)60-49(70)40(28-35-19-15-14-16-20-35)61-51(72)43(32(8)9)63-47(68)37(22-23-42(57)66)58-48(69)38(25-29(2)3)59-46(67)36(56)21-17-18-24-55/h14-16,19-20,29-34,36-41,43-45H,13,17-18,21-28,55-56H2,1-12H3,(H2,57,66)(H,58,69)(H,59,67)(H,60,70)(H,61,72)(H,62,73)(H,63,68)(H,64,74)(H,65,71)(H,75,76)/t34-,36-,37-,38-,39-,40-,41-,43-,44-,45-/m0/s1. The fourth-order valence-electron chi connectivity index (χ4n) is 8.22.